The van der Waals surface area contributed by atoms with Gasteiger partial charge in [0.25, 0.3) is 0 Å². The van der Waals surface area contributed by atoms with Gasteiger partial charge in [-0.05, 0) is 36.8 Å². The van der Waals surface area contributed by atoms with E-state index in [0.717, 1.165) is 33.4 Å². The zero-order valence-corrected chi connectivity index (χ0v) is 12.1. The van der Waals surface area contributed by atoms with Crippen molar-refractivity contribution < 1.29 is 4.42 Å². The van der Waals surface area contributed by atoms with E-state index in [9.17, 15) is 4.79 Å². The molecule has 108 valence electrons. The number of rotatable bonds is 2. The van der Waals surface area contributed by atoms with Gasteiger partial charge in [0.1, 0.15) is 11.4 Å². The topological polar surface area (TPSA) is 58.9 Å². The molecule has 0 amide bonds. The Balaban J connectivity index is 1.86. The van der Waals surface area contributed by atoms with Gasteiger partial charge in [-0.1, -0.05) is 23.8 Å². The molecular formula is C18H14N2O2. The maximum absolute atomic E-state index is 11.8. The maximum atomic E-state index is 11.8. The van der Waals surface area contributed by atoms with Crippen molar-refractivity contribution in [1.29, 1.82) is 0 Å². The van der Waals surface area contributed by atoms with Crippen LogP contribution in [0.15, 0.2) is 57.7 Å². The lowest BCUT2D eigenvalue weighted by atomic mass is 10.0. The van der Waals surface area contributed by atoms with Crippen LogP contribution in [0.3, 0.4) is 0 Å². The molecule has 0 fully saturated rings. The highest BCUT2D eigenvalue weighted by atomic mass is 16.4. The Morgan fingerprint density at radius 1 is 1.14 bits per heavy atom. The van der Waals surface area contributed by atoms with Crippen LogP contribution in [0.25, 0.3) is 22.0 Å². The number of hydrogen-bond donors (Lipinski definition) is 1. The summed E-state index contributed by atoms with van der Waals surface area (Å²) in [5.74, 6) is 0.842. The molecule has 0 bridgehead atoms. The average Bonchev–Trinajstić information content (AvgIpc) is 2.90. The van der Waals surface area contributed by atoms with E-state index in [1.807, 2.05) is 49.4 Å². The van der Waals surface area contributed by atoms with E-state index in [1.54, 1.807) is 6.07 Å². The van der Waals surface area contributed by atoms with Gasteiger partial charge < -0.3 is 9.40 Å². The van der Waals surface area contributed by atoms with Gasteiger partial charge in [-0.3, -0.25) is 0 Å². The van der Waals surface area contributed by atoms with E-state index in [2.05, 4.69) is 9.97 Å². The molecule has 0 atom stereocenters. The Bertz CT molecular complexity index is 1010. The van der Waals surface area contributed by atoms with Crippen LogP contribution < -0.4 is 5.63 Å². The number of para-hydroxylation sites is 2. The fraction of sp³-hybridized carbons (Fsp3) is 0.111. The molecule has 0 spiro atoms. The summed E-state index contributed by atoms with van der Waals surface area (Å²) in [5, 5.41) is 0.958. The molecule has 0 saturated heterocycles. The first-order valence-electron chi connectivity index (χ1n) is 7.16. The van der Waals surface area contributed by atoms with Crippen LogP contribution in [0, 0.1) is 6.92 Å². The highest BCUT2D eigenvalue weighted by molar-refractivity contribution is 5.81. The first-order chi connectivity index (χ1) is 10.7. The van der Waals surface area contributed by atoms with Crippen LogP contribution in [-0.4, -0.2) is 9.97 Å². The zero-order valence-electron chi connectivity index (χ0n) is 12.1. The Labute approximate surface area is 126 Å². The normalized spacial score (nSPS) is 11.3. The van der Waals surface area contributed by atoms with Crippen molar-refractivity contribution in [2.45, 2.75) is 13.3 Å². The molecule has 2 heterocycles. The van der Waals surface area contributed by atoms with E-state index < -0.39 is 0 Å². The van der Waals surface area contributed by atoms with Crippen molar-refractivity contribution in [1.82, 2.24) is 9.97 Å². The molecular weight excluding hydrogens is 276 g/mol. The van der Waals surface area contributed by atoms with E-state index in [0.29, 0.717) is 12.0 Å². The van der Waals surface area contributed by atoms with Gasteiger partial charge >= 0.3 is 5.63 Å². The smallest absolute Gasteiger partial charge is 0.336 e. The molecule has 4 nitrogen and oxygen atoms in total. The lowest BCUT2D eigenvalue weighted by Crippen LogP contribution is -2.02. The molecule has 0 aliphatic heterocycles. The maximum Gasteiger partial charge on any atom is 0.336 e. The predicted octanol–water partition coefficient (Wildman–Crippen LogP) is 3.57. The van der Waals surface area contributed by atoms with Crippen molar-refractivity contribution >= 4 is 22.0 Å². The first-order valence-corrected chi connectivity index (χ1v) is 7.16. The summed E-state index contributed by atoms with van der Waals surface area (Å²) in [6.45, 7) is 2.02. The summed E-state index contributed by atoms with van der Waals surface area (Å²) >= 11 is 0. The number of nitrogens with one attached hydrogen (secondary N) is 1. The van der Waals surface area contributed by atoms with Crippen LogP contribution in [0.1, 0.15) is 17.0 Å². The fourth-order valence-corrected chi connectivity index (χ4v) is 2.76. The SMILES string of the molecule is Cc1ccc2oc(=O)cc(Cc3nc4ccccc4[nH]3)c2c1. The van der Waals surface area contributed by atoms with E-state index in [1.165, 1.54) is 0 Å². The highest BCUT2D eigenvalue weighted by Crippen LogP contribution is 2.21. The minimum atomic E-state index is -0.331. The lowest BCUT2D eigenvalue weighted by Gasteiger charge is -2.04. The second kappa shape index (κ2) is 4.84. The van der Waals surface area contributed by atoms with E-state index in [-0.39, 0.29) is 5.63 Å². The molecule has 0 aliphatic rings. The number of aromatic amines is 1. The second-order valence-electron chi connectivity index (χ2n) is 5.47. The monoisotopic (exact) mass is 290 g/mol. The molecule has 0 aliphatic carbocycles. The summed E-state index contributed by atoms with van der Waals surface area (Å²) in [7, 11) is 0. The average molecular weight is 290 g/mol. The molecule has 22 heavy (non-hydrogen) atoms. The van der Waals surface area contributed by atoms with Gasteiger partial charge in [0, 0.05) is 17.9 Å². The zero-order chi connectivity index (χ0) is 15.1. The molecule has 2 aromatic heterocycles. The first kappa shape index (κ1) is 12.8. The molecule has 4 heteroatoms. The summed E-state index contributed by atoms with van der Waals surface area (Å²) in [6, 6.07) is 15.3. The lowest BCUT2D eigenvalue weighted by molar-refractivity contribution is 0.559. The van der Waals surface area contributed by atoms with Crippen molar-refractivity contribution in [3.8, 4) is 0 Å². The van der Waals surface area contributed by atoms with Crippen molar-refractivity contribution in [3.63, 3.8) is 0 Å². The van der Waals surface area contributed by atoms with Gasteiger partial charge in [-0.15, -0.1) is 0 Å². The van der Waals surface area contributed by atoms with Crippen molar-refractivity contribution in [2.75, 3.05) is 0 Å². The molecule has 2 aromatic carbocycles. The van der Waals surface area contributed by atoms with Gasteiger partial charge in [-0.25, -0.2) is 9.78 Å². The summed E-state index contributed by atoms with van der Waals surface area (Å²) in [4.78, 5) is 19.6. The fourth-order valence-electron chi connectivity index (χ4n) is 2.76. The number of H-pyrrole nitrogens is 1. The van der Waals surface area contributed by atoms with Crippen LogP contribution in [0.5, 0.6) is 0 Å². The third-order valence-electron chi connectivity index (χ3n) is 3.78. The number of imidazole rings is 1. The minimum Gasteiger partial charge on any atom is -0.423 e. The molecule has 4 rings (SSSR count). The number of benzene rings is 2. The Morgan fingerprint density at radius 2 is 2.00 bits per heavy atom. The number of aromatic nitrogens is 2. The van der Waals surface area contributed by atoms with Crippen LogP contribution in [0.4, 0.5) is 0 Å². The van der Waals surface area contributed by atoms with Crippen molar-refractivity contribution in [3.05, 3.63) is 75.9 Å². The van der Waals surface area contributed by atoms with Gasteiger partial charge in [0.15, 0.2) is 0 Å². The molecule has 4 aromatic rings. The Morgan fingerprint density at radius 3 is 2.86 bits per heavy atom. The standard InChI is InChI=1S/C18H14N2O2/c1-11-6-7-16-13(8-11)12(10-18(21)22-16)9-17-19-14-4-2-3-5-15(14)20-17/h2-8,10H,9H2,1H3,(H,19,20). The third-order valence-corrected chi connectivity index (χ3v) is 3.78. The highest BCUT2D eigenvalue weighted by Gasteiger charge is 2.09. The second-order valence-corrected chi connectivity index (χ2v) is 5.47. The summed E-state index contributed by atoms with van der Waals surface area (Å²) in [5.41, 5.74) is 4.27. The van der Waals surface area contributed by atoms with Gasteiger partial charge in [0.2, 0.25) is 0 Å². The molecule has 0 unspecified atom stereocenters. The number of nitrogens with zero attached hydrogens (tertiary/aromatic N) is 1. The predicted molar refractivity (Wildman–Crippen MR) is 86.1 cm³/mol. The largest absolute Gasteiger partial charge is 0.423 e. The number of aryl methyl sites for hydroxylation is 1. The third kappa shape index (κ3) is 2.19. The van der Waals surface area contributed by atoms with Crippen molar-refractivity contribution in [2.24, 2.45) is 0 Å². The van der Waals surface area contributed by atoms with E-state index in [4.69, 9.17) is 4.42 Å². The molecule has 0 saturated carbocycles. The van der Waals surface area contributed by atoms with Crippen LogP contribution in [0.2, 0.25) is 0 Å². The number of hydrogen-bond acceptors (Lipinski definition) is 3. The summed E-state index contributed by atoms with van der Waals surface area (Å²) < 4.78 is 5.27. The summed E-state index contributed by atoms with van der Waals surface area (Å²) in [6.07, 6.45) is 0.570. The minimum absolute atomic E-state index is 0.331. The van der Waals surface area contributed by atoms with E-state index >= 15 is 0 Å². The van der Waals surface area contributed by atoms with Crippen LogP contribution in [-0.2, 0) is 6.42 Å². The van der Waals surface area contributed by atoms with Gasteiger partial charge in [-0.2, -0.15) is 0 Å². The number of fused-ring (bicyclic) bond motifs is 2. The molecule has 0 radical (unpaired) electrons. The van der Waals surface area contributed by atoms with Crippen LogP contribution >= 0.6 is 0 Å². The Kier molecular flexibility index (Phi) is 2.82. The van der Waals surface area contributed by atoms with Gasteiger partial charge in [0.05, 0.1) is 11.0 Å². The molecule has 1 N–H and O–H groups in total. The quantitative estimate of drug-likeness (QED) is 0.574. The Hall–Kier alpha value is -2.88.